The number of hydrogen-bond donors (Lipinski definition) is 0. The monoisotopic (exact) mass is 829 g/mol. The lowest BCUT2D eigenvalue weighted by Gasteiger charge is -2.50. The summed E-state index contributed by atoms with van der Waals surface area (Å²) < 4.78 is 2.23. The van der Waals surface area contributed by atoms with Gasteiger partial charge < -0.3 is 9.80 Å². The lowest BCUT2D eigenvalue weighted by molar-refractivity contribution is -0.660. The van der Waals surface area contributed by atoms with Crippen molar-refractivity contribution in [1.29, 1.82) is 0 Å². The largest absolute Gasteiger partial charge is 0.335 e. The smallest absolute Gasteiger partial charge is 0.247 e. The van der Waals surface area contributed by atoms with Crippen molar-refractivity contribution in [2.75, 3.05) is 9.80 Å². The summed E-state index contributed by atoms with van der Waals surface area (Å²) in [6, 6.07) is 45.0. The molecule has 4 heteroatoms. The Hall–Kier alpha value is -5.61. The van der Waals surface area contributed by atoms with E-state index < -0.39 is 0 Å². The molecule has 3 aliphatic rings. The van der Waals surface area contributed by atoms with Gasteiger partial charge in [-0.1, -0.05) is 149 Å². The number of allylic oxidation sites excluding steroid dienone is 2. The van der Waals surface area contributed by atoms with Gasteiger partial charge in [0.25, 0.3) is 0 Å². The SMILES string of the molecule is Cc1ccc(-c2cc3c4c(c2)N(c2ccc(C(C)(C)C)cc2)C2CC=C(C(C)(C)C)C=C2B4c2cc(C(C)(C)C)ccc2N3c2ccc(C(C)(C)C)cc2)cc1-c1cccc[n+]1C. The minimum Gasteiger partial charge on any atom is -0.335 e. The Bertz CT molecular complexity index is 2810. The summed E-state index contributed by atoms with van der Waals surface area (Å²) in [5.74, 6) is 0. The van der Waals surface area contributed by atoms with Crippen LogP contribution in [0.5, 0.6) is 0 Å². The van der Waals surface area contributed by atoms with Gasteiger partial charge in [-0.2, -0.15) is 0 Å². The first kappa shape index (κ1) is 42.7. The number of fused-ring (bicyclic) bond motifs is 4. The molecule has 63 heavy (non-hydrogen) atoms. The van der Waals surface area contributed by atoms with E-state index in [-0.39, 0.29) is 34.4 Å². The van der Waals surface area contributed by atoms with Crippen LogP contribution in [-0.2, 0) is 23.3 Å². The highest BCUT2D eigenvalue weighted by Crippen LogP contribution is 2.50. The van der Waals surface area contributed by atoms with Crippen LogP contribution in [0.15, 0.2) is 145 Å². The number of rotatable bonds is 4. The molecule has 0 saturated heterocycles. The van der Waals surface area contributed by atoms with E-state index in [2.05, 4.69) is 245 Å². The molecule has 0 amide bonds. The number of pyridine rings is 1. The van der Waals surface area contributed by atoms with Crippen LogP contribution in [-0.4, -0.2) is 12.8 Å². The first-order chi connectivity index (χ1) is 29.6. The molecule has 1 aliphatic carbocycles. The molecule has 320 valence electrons. The molecule has 1 unspecified atom stereocenters. The Morgan fingerprint density at radius 3 is 1.78 bits per heavy atom. The van der Waals surface area contributed by atoms with Gasteiger partial charge in [0.15, 0.2) is 6.20 Å². The summed E-state index contributed by atoms with van der Waals surface area (Å²) in [5, 5.41) is 0. The number of nitrogens with zero attached hydrogens (tertiary/aromatic N) is 3. The van der Waals surface area contributed by atoms with E-state index in [1.165, 1.54) is 95.0 Å². The highest BCUT2D eigenvalue weighted by atomic mass is 15.2. The number of aromatic nitrogens is 1. The van der Waals surface area contributed by atoms with Crippen LogP contribution < -0.4 is 25.3 Å². The fourth-order valence-electron chi connectivity index (χ4n) is 10.2. The molecule has 6 aromatic rings. The van der Waals surface area contributed by atoms with Gasteiger partial charge in [0.2, 0.25) is 12.4 Å². The van der Waals surface area contributed by atoms with Crippen molar-refractivity contribution in [3.63, 3.8) is 0 Å². The maximum absolute atomic E-state index is 2.71. The van der Waals surface area contributed by atoms with Crippen molar-refractivity contribution in [2.24, 2.45) is 12.5 Å². The Morgan fingerprint density at radius 1 is 0.571 bits per heavy atom. The van der Waals surface area contributed by atoms with E-state index in [0.29, 0.717) is 0 Å². The second kappa shape index (κ2) is 15.0. The molecule has 0 N–H and O–H groups in total. The molecule has 3 heterocycles. The highest BCUT2D eigenvalue weighted by molar-refractivity contribution is 6.95. The first-order valence-corrected chi connectivity index (χ1v) is 23.2. The molecule has 1 atom stereocenters. The van der Waals surface area contributed by atoms with Gasteiger partial charge in [0.05, 0.1) is 6.04 Å². The molecule has 0 radical (unpaired) electrons. The topological polar surface area (TPSA) is 10.4 Å². The van der Waals surface area contributed by atoms with Gasteiger partial charge in [-0.15, -0.1) is 0 Å². The highest BCUT2D eigenvalue weighted by Gasteiger charge is 2.48. The van der Waals surface area contributed by atoms with Gasteiger partial charge >= 0.3 is 0 Å². The standard InChI is InChI=1S/C59H67BN3/c1-38-18-19-39(33-47(38)50-17-15-16-32-61(50)14)40-34-53-55-54(35-40)63(46-28-22-42(23-29-46)57(5,6)7)52-31-25-44(59(11,12)13)37-49(52)60(55)48-36-43(58(8,9)10)24-30-51(48)62(53)45-26-20-41(21-27-45)56(2,3)4/h15-30,32-37,52H,31H2,1-14H3/q+1. The van der Waals surface area contributed by atoms with E-state index in [1.807, 2.05) is 0 Å². The summed E-state index contributed by atoms with van der Waals surface area (Å²) in [5.41, 5.74) is 22.3. The van der Waals surface area contributed by atoms with Gasteiger partial charge in [-0.3, -0.25) is 0 Å². The second-order valence-electron chi connectivity index (χ2n) is 22.7. The maximum atomic E-state index is 2.71. The van der Waals surface area contributed by atoms with Crippen LogP contribution in [0.25, 0.3) is 22.4 Å². The molecule has 3 nitrogen and oxygen atoms in total. The van der Waals surface area contributed by atoms with Crippen LogP contribution in [0.3, 0.4) is 0 Å². The molecular weight excluding hydrogens is 761 g/mol. The quantitative estimate of drug-likeness (QED) is 0.129. The van der Waals surface area contributed by atoms with Gasteiger partial charge in [-0.25, -0.2) is 4.57 Å². The summed E-state index contributed by atoms with van der Waals surface area (Å²) in [6.07, 6.45) is 8.22. The average molecular weight is 829 g/mol. The third kappa shape index (κ3) is 7.58. The Balaban J connectivity index is 1.39. The van der Waals surface area contributed by atoms with Gasteiger partial charge in [0.1, 0.15) is 7.05 Å². The van der Waals surface area contributed by atoms with Crippen molar-refractivity contribution < 1.29 is 4.57 Å². The number of aryl methyl sites for hydroxylation is 2. The van der Waals surface area contributed by atoms with E-state index in [4.69, 9.17) is 0 Å². The van der Waals surface area contributed by atoms with Gasteiger partial charge in [0, 0.05) is 46.1 Å². The Morgan fingerprint density at radius 2 is 1.17 bits per heavy atom. The number of anilines is 5. The van der Waals surface area contributed by atoms with Crippen molar-refractivity contribution in [3.8, 4) is 22.4 Å². The third-order valence-corrected chi connectivity index (χ3v) is 14.1. The van der Waals surface area contributed by atoms with E-state index >= 15 is 0 Å². The molecule has 1 aromatic heterocycles. The first-order valence-electron chi connectivity index (χ1n) is 23.2. The Labute approximate surface area is 379 Å². The molecule has 2 aliphatic heterocycles. The van der Waals surface area contributed by atoms with E-state index in [1.54, 1.807) is 0 Å². The molecule has 0 fully saturated rings. The predicted molar refractivity (Wildman–Crippen MR) is 272 cm³/mol. The summed E-state index contributed by atoms with van der Waals surface area (Å²) in [4.78, 5) is 5.29. The molecule has 5 aromatic carbocycles. The van der Waals surface area contributed by atoms with Crippen LogP contribution in [0.4, 0.5) is 28.4 Å². The molecular formula is C59H67BN3+. The van der Waals surface area contributed by atoms with Crippen LogP contribution >= 0.6 is 0 Å². The summed E-state index contributed by atoms with van der Waals surface area (Å²) in [6.45, 7) is 30.3. The van der Waals surface area contributed by atoms with E-state index in [9.17, 15) is 0 Å². The maximum Gasteiger partial charge on any atom is 0.247 e. The molecule has 0 spiro atoms. The van der Waals surface area contributed by atoms with Crippen molar-refractivity contribution >= 4 is 46.1 Å². The van der Waals surface area contributed by atoms with Crippen LogP contribution in [0, 0.1) is 12.3 Å². The fourth-order valence-corrected chi connectivity index (χ4v) is 10.2. The molecule has 0 saturated carbocycles. The lowest BCUT2D eigenvalue weighted by atomic mass is 9.31. The van der Waals surface area contributed by atoms with Crippen molar-refractivity contribution in [1.82, 2.24) is 0 Å². The zero-order chi connectivity index (χ0) is 45.0. The van der Waals surface area contributed by atoms with E-state index in [0.717, 1.165) is 6.42 Å². The average Bonchev–Trinajstić information content (AvgIpc) is 3.22. The fraction of sp³-hybridized carbons (Fsp3) is 0.339. The predicted octanol–water partition coefficient (Wildman–Crippen LogP) is 13.8. The van der Waals surface area contributed by atoms with Crippen molar-refractivity contribution in [2.45, 2.75) is 119 Å². The Kier molecular flexibility index (Phi) is 10.2. The number of hydrogen-bond acceptors (Lipinski definition) is 2. The minimum absolute atomic E-state index is 0.00789. The second-order valence-corrected chi connectivity index (χ2v) is 22.7. The zero-order valence-corrected chi connectivity index (χ0v) is 40.4. The normalized spacial score (nSPS) is 16.3. The minimum atomic E-state index is -0.00789. The molecule has 0 bridgehead atoms. The van der Waals surface area contributed by atoms with Crippen LogP contribution in [0.1, 0.15) is 112 Å². The molecule has 9 rings (SSSR count). The lowest BCUT2D eigenvalue weighted by Crippen LogP contribution is -2.61. The van der Waals surface area contributed by atoms with Crippen LogP contribution in [0.2, 0.25) is 0 Å². The van der Waals surface area contributed by atoms with Gasteiger partial charge in [-0.05, 0) is 139 Å². The number of benzene rings is 5. The summed E-state index contributed by atoms with van der Waals surface area (Å²) >= 11 is 0. The van der Waals surface area contributed by atoms with Crippen molar-refractivity contribution in [3.05, 3.63) is 167 Å². The zero-order valence-electron chi connectivity index (χ0n) is 40.4. The summed E-state index contributed by atoms with van der Waals surface area (Å²) in [7, 11) is 2.15. The third-order valence-electron chi connectivity index (χ3n) is 14.1.